The van der Waals surface area contributed by atoms with Crippen molar-refractivity contribution in [2.75, 3.05) is 12.4 Å². The smallest absolute Gasteiger partial charge is 0.266 e. The molecule has 29 heavy (non-hydrogen) atoms. The van der Waals surface area contributed by atoms with Gasteiger partial charge in [-0.3, -0.25) is 4.79 Å². The SMILES string of the molecule is COCc1c(C(=O)Nc2ccc(-n3ccnc3C)c(F)c2)sc2cccc(F)c12. The number of halogens is 2. The molecule has 4 rings (SSSR count). The minimum Gasteiger partial charge on any atom is -0.380 e. The first kappa shape index (κ1) is 19.2. The maximum atomic E-state index is 14.6. The Morgan fingerprint density at radius 2 is 2.07 bits per heavy atom. The molecule has 0 spiro atoms. The standard InChI is InChI=1S/C21H17F2N3O2S/c1-12-24-8-9-26(12)17-7-6-13(10-16(17)23)25-21(27)20-14(11-28-2)19-15(22)4-3-5-18(19)29-20/h3-10H,11H2,1-2H3,(H,25,27). The van der Waals surface area contributed by atoms with Crippen molar-refractivity contribution < 1.29 is 18.3 Å². The maximum absolute atomic E-state index is 14.6. The summed E-state index contributed by atoms with van der Waals surface area (Å²) in [6.07, 6.45) is 3.25. The van der Waals surface area contributed by atoms with Crippen LogP contribution in [-0.2, 0) is 11.3 Å². The molecule has 2 heterocycles. The summed E-state index contributed by atoms with van der Waals surface area (Å²) in [5.41, 5.74) is 1.12. The van der Waals surface area contributed by atoms with Crippen LogP contribution in [0.1, 0.15) is 21.1 Å². The summed E-state index contributed by atoms with van der Waals surface area (Å²) in [6, 6.07) is 9.12. The number of methoxy groups -OCH3 is 1. The van der Waals surface area contributed by atoms with E-state index >= 15 is 0 Å². The number of benzene rings is 2. The van der Waals surface area contributed by atoms with E-state index in [9.17, 15) is 13.6 Å². The molecule has 0 saturated heterocycles. The fourth-order valence-electron chi connectivity index (χ4n) is 3.23. The molecule has 0 aliphatic heterocycles. The lowest BCUT2D eigenvalue weighted by molar-refractivity contribution is 0.102. The van der Waals surface area contributed by atoms with Crippen molar-refractivity contribution in [3.8, 4) is 5.69 Å². The zero-order chi connectivity index (χ0) is 20.5. The van der Waals surface area contributed by atoms with Gasteiger partial charge in [0.15, 0.2) is 0 Å². The van der Waals surface area contributed by atoms with Crippen molar-refractivity contribution in [3.05, 3.63) is 76.7 Å². The maximum Gasteiger partial charge on any atom is 0.266 e. The summed E-state index contributed by atoms with van der Waals surface area (Å²) in [6.45, 7) is 1.87. The number of carbonyl (C=O) groups excluding carboxylic acids is 1. The van der Waals surface area contributed by atoms with Gasteiger partial charge in [0, 0.05) is 40.8 Å². The number of amides is 1. The summed E-state index contributed by atoms with van der Waals surface area (Å²) in [7, 11) is 1.48. The van der Waals surface area contributed by atoms with Gasteiger partial charge in [0.2, 0.25) is 0 Å². The van der Waals surface area contributed by atoms with Gasteiger partial charge < -0.3 is 14.6 Å². The molecular formula is C21H17F2N3O2S. The summed E-state index contributed by atoms with van der Waals surface area (Å²) < 4.78 is 36.3. The van der Waals surface area contributed by atoms with E-state index in [-0.39, 0.29) is 6.61 Å². The van der Waals surface area contributed by atoms with E-state index in [1.807, 2.05) is 0 Å². The summed E-state index contributed by atoms with van der Waals surface area (Å²) >= 11 is 1.17. The average Bonchev–Trinajstić information content (AvgIpc) is 3.27. The van der Waals surface area contributed by atoms with Crippen LogP contribution in [0.2, 0.25) is 0 Å². The van der Waals surface area contributed by atoms with Crippen LogP contribution in [-0.4, -0.2) is 22.6 Å². The van der Waals surface area contributed by atoms with Crippen molar-refractivity contribution in [2.45, 2.75) is 13.5 Å². The summed E-state index contributed by atoms with van der Waals surface area (Å²) in [4.78, 5) is 17.3. The summed E-state index contributed by atoms with van der Waals surface area (Å²) in [5, 5.41) is 3.07. The monoisotopic (exact) mass is 413 g/mol. The highest BCUT2D eigenvalue weighted by Gasteiger charge is 2.21. The van der Waals surface area contributed by atoms with E-state index in [0.29, 0.717) is 37.7 Å². The molecule has 148 valence electrons. The van der Waals surface area contributed by atoms with Crippen molar-refractivity contribution in [3.63, 3.8) is 0 Å². The van der Waals surface area contributed by atoms with Gasteiger partial charge in [-0.25, -0.2) is 13.8 Å². The van der Waals surface area contributed by atoms with Gasteiger partial charge in [-0.15, -0.1) is 11.3 Å². The highest BCUT2D eigenvalue weighted by molar-refractivity contribution is 7.21. The molecule has 0 aliphatic carbocycles. The van der Waals surface area contributed by atoms with Crippen LogP contribution in [0.3, 0.4) is 0 Å². The number of imidazole rings is 1. The third-order valence-electron chi connectivity index (χ3n) is 4.55. The number of nitrogens with zero attached hydrogens (tertiary/aromatic N) is 2. The lowest BCUT2D eigenvalue weighted by Gasteiger charge is -2.10. The van der Waals surface area contributed by atoms with Crippen LogP contribution in [0.4, 0.5) is 14.5 Å². The fraction of sp³-hybridized carbons (Fsp3) is 0.143. The van der Waals surface area contributed by atoms with Gasteiger partial charge in [0.25, 0.3) is 5.91 Å². The van der Waals surface area contributed by atoms with Gasteiger partial charge in [0.1, 0.15) is 17.5 Å². The number of rotatable bonds is 5. The second-order valence-corrected chi connectivity index (χ2v) is 7.47. The van der Waals surface area contributed by atoms with Crippen LogP contribution in [0, 0.1) is 18.6 Å². The lowest BCUT2D eigenvalue weighted by Crippen LogP contribution is -2.13. The summed E-state index contributed by atoms with van der Waals surface area (Å²) in [5.74, 6) is -0.694. The van der Waals surface area contributed by atoms with Crippen LogP contribution in [0.15, 0.2) is 48.8 Å². The second-order valence-electron chi connectivity index (χ2n) is 6.42. The van der Waals surface area contributed by atoms with Crippen molar-refractivity contribution in [1.82, 2.24) is 9.55 Å². The Hall–Kier alpha value is -3.10. The third-order valence-corrected chi connectivity index (χ3v) is 5.75. The Morgan fingerprint density at radius 1 is 1.24 bits per heavy atom. The second kappa shape index (κ2) is 7.73. The van der Waals surface area contributed by atoms with Gasteiger partial charge >= 0.3 is 0 Å². The number of ether oxygens (including phenoxy) is 1. The van der Waals surface area contributed by atoms with Crippen molar-refractivity contribution in [2.24, 2.45) is 0 Å². The molecule has 2 aromatic carbocycles. The van der Waals surface area contributed by atoms with E-state index in [0.717, 1.165) is 0 Å². The number of aryl methyl sites for hydroxylation is 1. The molecule has 1 N–H and O–H groups in total. The molecule has 8 heteroatoms. The molecule has 0 fully saturated rings. The molecule has 0 bridgehead atoms. The highest BCUT2D eigenvalue weighted by atomic mass is 32.1. The quantitative estimate of drug-likeness (QED) is 0.497. The number of fused-ring (bicyclic) bond motifs is 1. The molecule has 4 aromatic rings. The van der Waals surface area contributed by atoms with Crippen LogP contribution in [0.25, 0.3) is 15.8 Å². The fourth-order valence-corrected chi connectivity index (χ4v) is 4.35. The Bertz CT molecular complexity index is 1220. The molecule has 1 amide bonds. The Labute approximate surface area is 169 Å². The van der Waals surface area contributed by atoms with Gasteiger partial charge in [-0.1, -0.05) is 6.07 Å². The normalized spacial score (nSPS) is 11.2. The topological polar surface area (TPSA) is 56.1 Å². The molecule has 0 radical (unpaired) electrons. The molecule has 5 nitrogen and oxygen atoms in total. The minimum atomic E-state index is -0.497. The molecule has 2 aromatic heterocycles. The highest BCUT2D eigenvalue weighted by Crippen LogP contribution is 2.34. The zero-order valence-electron chi connectivity index (χ0n) is 15.7. The van der Waals surface area contributed by atoms with Gasteiger partial charge in [0.05, 0.1) is 17.2 Å². The first-order valence-corrected chi connectivity index (χ1v) is 9.61. The number of hydrogen-bond acceptors (Lipinski definition) is 4. The molecule has 0 saturated carbocycles. The average molecular weight is 413 g/mol. The van der Waals surface area contributed by atoms with E-state index in [4.69, 9.17) is 4.74 Å². The molecule has 0 aliphatic rings. The Balaban J connectivity index is 1.66. The number of anilines is 1. The van der Waals surface area contributed by atoms with Crippen molar-refractivity contribution >= 4 is 33.0 Å². The van der Waals surface area contributed by atoms with Crippen molar-refractivity contribution in [1.29, 1.82) is 0 Å². The predicted octanol–water partition coefficient (Wildman–Crippen LogP) is 5.07. The third kappa shape index (κ3) is 3.52. The van der Waals surface area contributed by atoms with E-state index in [1.54, 1.807) is 48.1 Å². The van der Waals surface area contributed by atoms with Crippen LogP contribution < -0.4 is 5.32 Å². The first-order valence-electron chi connectivity index (χ1n) is 8.79. The predicted molar refractivity (Wildman–Crippen MR) is 109 cm³/mol. The van der Waals surface area contributed by atoms with Gasteiger partial charge in [-0.2, -0.15) is 0 Å². The number of thiophene rings is 1. The van der Waals surface area contributed by atoms with Gasteiger partial charge in [-0.05, 0) is 37.3 Å². The van der Waals surface area contributed by atoms with E-state index in [2.05, 4.69) is 10.3 Å². The lowest BCUT2D eigenvalue weighted by atomic mass is 10.1. The number of carbonyl (C=O) groups is 1. The number of hydrogen-bond donors (Lipinski definition) is 1. The largest absolute Gasteiger partial charge is 0.380 e. The molecule has 0 unspecified atom stereocenters. The molecular weight excluding hydrogens is 396 g/mol. The number of aromatic nitrogens is 2. The zero-order valence-corrected chi connectivity index (χ0v) is 16.5. The first-order chi connectivity index (χ1) is 14.0. The Kier molecular flexibility index (Phi) is 5.12. The van der Waals surface area contributed by atoms with Crippen LogP contribution >= 0.6 is 11.3 Å². The molecule has 0 atom stereocenters. The number of nitrogens with one attached hydrogen (secondary N) is 1. The Morgan fingerprint density at radius 3 is 2.76 bits per heavy atom. The van der Waals surface area contributed by atoms with E-state index in [1.165, 1.54) is 30.6 Å². The van der Waals surface area contributed by atoms with E-state index < -0.39 is 17.5 Å². The van der Waals surface area contributed by atoms with Crippen LogP contribution in [0.5, 0.6) is 0 Å². The minimum absolute atomic E-state index is 0.0941.